The quantitative estimate of drug-likeness (QED) is 0.745. The molecule has 0 bridgehead atoms. The molecule has 1 aromatic carbocycles. The Kier molecular flexibility index (Phi) is 2.23. The monoisotopic (exact) mass is 201 g/mol. The van der Waals surface area contributed by atoms with Crippen molar-refractivity contribution in [2.45, 2.75) is 20.8 Å². The third kappa shape index (κ3) is 1.61. The van der Waals surface area contributed by atoms with Crippen molar-refractivity contribution >= 4 is 5.82 Å². The van der Waals surface area contributed by atoms with E-state index in [1.807, 2.05) is 0 Å². The van der Waals surface area contributed by atoms with Crippen LogP contribution < -0.4 is 5.73 Å². The van der Waals surface area contributed by atoms with Crippen molar-refractivity contribution in [3.05, 3.63) is 35.0 Å². The number of anilines is 1. The van der Waals surface area contributed by atoms with E-state index < -0.39 is 0 Å². The third-order valence-electron chi connectivity index (χ3n) is 2.77. The number of aromatic amines is 1. The Morgan fingerprint density at radius 2 is 1.87 bits per heavy atom. The summed E-state index contributed by atoms with van der Waals surface area (Å²) < 4.78 is 0. The molecule has 0 unspecified atom stereocenters. The summed E-state index contributed by atoms with van der Waals surface area (Å²) in [5, 5.41) is 6.71. The zero-order valence-electron chi connectivity index (χ0n) is 9.26. The lowest BCUT2D eigenvalue weighted by molar-refractivity contribution is 1.10. The highest BCUT2D eigenvalue weighted by Gasteiger charge is 2.09. The zero-order valence-corrected chi connectivity index (χ0v) is 9.26. The lowest BCUT2D eigenvalue weighted by Gasteiger charge is -2.09. The Morgan fingerprint density at radius 3 is 2.47 bits per heavy atom. The Hall–Kier alpha value is -1.77. The number of aromatic nitrogens is 2. The highest BCUT2D eigenvalue weighted by Crippen LogP contribution is 2.29. The van der Waals surface area contributed by atoms with Gasteiger partial charge in [0.25, 0.3) is 0 Å². The van der Waals surface area contributed by atoms with Crippen LogP contribution in [0.1, 0.15) is 16.7 Å². The van der Waals surface area contributed by atoms with Crippen LogP contribution in [0.2, 0.25) is 0 Å². The highest BCUT2D eigenvalue weighted by molar-refractivity contribution is 5.76. The molecular weight excluding hydrogens is 186 g/mol. The number of hydrogen-bond acceptors (Lipinski definition) is 2. The molecular formula is C12H15N3. The van der Waals surface area contributed by atoms with Crippen molar-refractivity contribution in [2.75, 3.05) is 5.73 Å². The van der Waals surface area contributed by atoms with Gasteiger partial charge in [-0.3, -0.25) is 5.10 Å². The predicted octanol–water partition coefficient (Wildman–Crippen LogP) is 2.58. The Labute approximate surface area is 89.3 Å². The Bertz CT molecular complexity index is 498. The van der Waals surface area contributed by atoms with Crippen LogP contribution >= 0.6 is 0 Å². The number of nitrogens with two attached hydrogens (primary N) is 1. The minimum Gasteiger partial charge on any atom is -0.384 e. The van der Waals surface area contributed by atoms with Crippen LogP contribution in [-0.2, 0) is 0 Å². The standard InChI is InChI=1S/C12H15N3/c1-7-4-8(2)9(3)10(5-7)11-6-14-15-12(11)13/h4-6H,1-3H3,(H3,13,14,15). The van der Waals surface area contributed by atoms with E-state index in [2.05, 4.69) is 43.1 Å². The summed E-state index contributed by atoms with van der Waals surface area (Å²) >= 11 is 0. The first-order chi connectivity index (χ1) is 7.09. The summed E-state index contributed by atoms with van der Waals surface area (Å²) in [7, 11) is 0. The van der Waals surface area contributed by atoms with Gasteiger partial charge < -0.3 is 5.73 Å². The second-order valence-corrected chi connectivity index (χ2v) is 3.95. The molecule has 3 N–H and O–H groups in total. The Morgan fingerprint density at radius 1 is 1.13 bits per heavy atom. The maximum absolute atomic E-state index is 5.82. The molecule has 3 heteroatoms. The summed E-state index contributed by atoms with van der Waals surface area (Å²) in [5.74, 6) is 0.628. The molecule has 0 spiro atoms. The number of hydrogen-bond donors (Lipinski definition) is 2. The van der Waals surface area contributed by atoms with Gasteiger partial charge in [-0.1, -0.05) is 17.7 Å². The van der Waals surface area contributed by atoms with E-state index in [4.69, 9.17) is 5.73 Å². The van der Waals surface area contributed by atoms with Crippen LogP contribution in [0.3, 0.4) is 0 Å². The van der Waals surface area contributed by atoms with Gasteiger partial charge in [-0.05, 0) is 37.5 Å². The van der Waals surface area contributed by atoms with E-state index in [0.717, 1.165) is 5.56 Å². The molecule has 0 aliphatic heterocycles. The minimum absolute atomic E-state index is 0.628. The average Bonchev–Trinajstić information content (AvgIpc) is 2.58. The van der Waals surface area contributed by atoms with E-state index in [0.29, 0.717) is 5.82 Å². The van der Waals surface area contributed by atoms with Crippen LogP contribution in [0.25, 0.3) is 11.1 Å². The minimum atomic E-state index is 0.628. The van der Waals surface area contributed by atoms with E-state index in [9.17, 15) is 0 Å². The molecule has 0 saturated carbocycles. The van der Waals surface area contributed by atoms with E-state index in [-0.39, 0.29) is 0 Å². The molecule has 2 aromatic rings. The van der Waals surface area contributed by atoms with Gasteiger partial charge in [-0.15, -0.1) is 0 Å². The molecule has 15 heavy (non-hydrogen) atoms. The molecule has 78 valence electrons. The van der Waals surface area contributed by atoms with E-state index in [1.54, 1.807) is 6.20 Å². The van der Waals surface area contributed by atoms with Crippen molar-refractivity contribution < 1.29 is 0 Å². The number of H-pyrrole nitrogens is 1. The normalized spacial score (nSPS) is 10.6. The first-order valence-electron chi connectivity index (χ1n) is 4.96. The van der Waals surface area contributed by atoms with Gasteiger partial charge in [-0.2, -0.15) is 5.10 Å². The largest absolute Gasteiger partial charge is 0.384 e. The zero-order chi connectivity index (χ0) is 11.0. The fourth-order valence-corrected chi connectivity index (χ4v) is 1.83. The third-order valence-corrected chi connectivity index (χ3v) is 2.77. The fraction of sp³-hybridized carbons (Fsp3) is 0.250. The molecule has 0 aliphatic rings. The molecule has 1 aromatic heterocycles. The number of aryl methyl sites for hydroxylation is 2. The molecule has 0 fully saturated rings. The highest BCUT2D eigenvalue weighted by atomic mass is 15.1. The fourth-order valence-electron chi connectivity index (χ4n) is 1.83. The van der Waals surface area contributed by atoms with Gasteiger partial charge in [-0.25, -0.2) is 0 Å². The maximum atomic E-state index is 5.82. The molecule has 0 aliphatic carbocycles. The smallest absolute Gasteiger partial charge is 0.126 e. The predicted molar refractivity (Wildman–Crippen MR) is 62.6 cm³/mol. The summed E-state index contributed by atoms with van der Waals surface area (Å²) in [4.78, 5) is 0. The second kappa shape index (κ2) is 3.42. The van der Waals surface area contributed by atoms with Crippen LogP contribution in [0.15, 0.2) is 18.3 Å². The number of nitrogens with zero attached hydrogens (tertiary/aromatic N) is 1. The summed E-state index contributed by atoms with van der Waals surface area (Å²) in [6.07, 6.45) is 1.77. The number of benzene rings is 1. The Balaban J connectivity index is 2.68. The van der Waals surface area contributed by atoms with Crippen molar-refractivity contribution in [3.8, 4) is 11.1 Å². The average molecular weight is 201 g/mol. The molecule has 0 amide bonds. The summed E-state index contributed by atoms with van der Waals surface area (Å²) in [6.45, 7) is 6.31. The number of rotatable bonds is 1. The molecule has 3 nitrogen and oxygen atoms in total. The molecule has 0 saturated heterocycles. The topological polar surface area (TPSA) is 54.7 Å². The van der Waals surface area contributed by atoms with Gasteiger partial charge in [0.15, 0.2) is 0 Å². The summed E-state index contributed by atoms with van der Waals surface area (Å²) in [5.41, 5.74) is 11.8. The maximum Gasteiger partial charge on any atom is 0.126 e. The van der Waals surface area contributed by atoms with Crippen molar-refractivity contribution in [3.63, 3.8) is 0 Å². The lowest BCUT2D eigenvalue weighted by atomic mass is 9.96. The van der Waals surface area contributed by atoms with Crippen molar-refractivity contribution in [2.24, 2.45) is 0 Å². The lowest BCUT2D eigenvalue weighted by Crippen LogP contribution is -1.92. The summed E-state index contributed by atoms with van der Waals surface area (Å²) in [6, 6.07) is 4.32. The first-order valence-corrected chi connectivity index (χ1v) is 4.96. The molecule has 1 heterocycles. The van der Waals surface area contributed by atoms with E-state index >= 15 is 0 Å². The number of nitrogen functional groups attached to an aromatic ring is 1. The van der Waals surface area contributed by atoms with Crippen molar-refractivity contribution in [1.29, 1.82) is 0 Å². The van der Waals surface area contributed by atoms with Gasteiger partial charge >= 0.3 is 0 Å². The van der Waals surface area contributed by atoms with Gasteiger partial charge in [0, 0.05) is 5.56 Å². The van der Waals surface area contributed by atoms with E-state index in [1.165, 1.54) is 22.3 Å². The first kappa shape index (κ1) is 9.77. The van der Waals surface area contributed by atoms with Crippen LogP contribution in [0, 0.1) is 20.8 Å². The van der Waals surface area contributed by atoms with Gasteiger partial charge in [0.1, 0.15) is 5.82 Å². The molecule has 2 rings (SSSR count). The second-order valence-electron chi connectivity index (χ2n) is 3.95. The SMILES string of the molecule is Cc1cc(C)c(C)c(-c2cn[nH]c2N)c1. The van der Waals surface area contributed by atoms with Gasteiger partial charge in [0.05, 0.1) is 6.20 Å². The van der Waals surface area contributed by atoms with Crippen LogP contribution in [-0.4, -0.2) is 10.2 Å². The van der Waals surface area contributed by atoms with Gasteiger partial charge in [0.2, 0.25) is 0 Å². The number of nitrogens with one attached hydrogen (secondary N) is 1. The van der Waals surface area contributed by atoms with Crippen molar-refractivity contribution in [1.82, 2.24) is 10.2 Å². The molecule has 0 atom stereocenters. The van der Waals surface area contributed by atoms with Crippen LogP contribution in [0.4, 0.5) is 5.82 Å². The van der Waals surface area contributed by atoms with Crippen LogP contribution in [0.5, 0.6) is 0 Å². The molecule has 0 radical (unpaired) electrons.